The van der Waals surface area contributed by atoms with E-state index in [4.69, 9.17) is 0 Å². The average molecular weight is 356 g/mol. The van der Waals surface area contributed by atoms with Gasteiger partial charge in [-0.05, 0) is 43.5 Å². The van der Waals surface area contributed by atoms with Crippen molar-refractivity contribution in [2.24, 2.45) is 11.8 Å². The van der Waals surface area contributed by atoms with Crippen molar-refractivity contribution in [3.63, 3.8) is 0 Å². The molecule has 0 saturated heterocycles. The summed E-state index contributed by atoms with van der Waals surface area (Å²) in [5.74, 6) is 2.96. The Labute approximate surface area is 136 Å². The fraction of sp³-hybridized carbons (Fsp3) is 0.647. The van der Waals surface area contributed by atoms with Crippen LogP contribution in [-0.4, -0.2) is 18.8 Å². The number of nitrogens with one attached hydrogen (secondary N) is 1. The van der Waals surface area contributed by atoms with Crippen molar-refractivity contribution < 1.29 is 0 Å². The zero-order chi connectivity index (χ0) is 14.4. The molecule has 0 bridgehead atoms. The highest BCUT2D eigenvalue weighted by molar-refractivity contribution is 9.10. The summed E-state index contributed by atoms with van der Waals surface area (Å²) < 4.78 is 1.17. The molecular formula is C17H26BrNS. The molecule has 1 aliphatic rings. The Kier molecular flexibility index (Phi) is 6.92. The van der Waals surface area contributed by atoms with E-state index in [1.165, 1.54) is 47.2 Å². The first-order valence-electron chi connectivity index (χ1n) is 7.80. The van der Waals surface area contributed by atoms with Crippen molar-refractivity contribution >= 4 is 27.7 Å². The van der Waals surface area contributed by atoms with Gasteiger partial charge in [-0.25, -0.2) is 0 Å². The first kappa shape index (κ1) is 16.4. The molecular weight excluding hydrogens is 330 g/mol. The molecule has 1 aliphatic carbocycles. The van der Waals surface area contributed by atoms with E-state index in [1.54, 1.807) is 0 Å². The number of thioether (sulfide) groups is 1. The summed E-state index contributed by atoms with van der Waals surface area (Å²) in [7, 11) is 2.13. The zero-order valence-electron chi connectivity index (χ0n) is 12.6. The van der Waals surface area contributed by atoms with Crippen molar-refractivity contribution in [2.45, 2.75) is 50.0 Å². The number of hydrogen-bond donors (Lipinski definition) is 1. The van der Waals surface area contributed by atoms with Crippen molar-refractivity contribution in [3.05, 3.63) is 28.7 Å². The average Bonchev–Trinajstić information content (AvgIpc) is 2.48. The fourth-order valence-corrected chi connectivity index (χ4v) is 5.16. The number of benzene rings is 1. The van der Waals surface area contributed by atoms with E-state index in [0.717, 1.165) is 11.8 Å². The summed E-state index contributed by atoms with van der Waals surface area (Å²) in [5.41, 5.74) is 0. The van der Waals surface area contributed by atoms with E-state index in [9.17, 15) is 0 Å². The molecule has 0 amide bonds. The van der Waals surface area contributed by atoms with Gasteiger partial charge in [0.15, 0.2) is 0 Å². The number of hydrogen-bond acceptors (Lipinski definition) is 2. The lowest BCUT2D eigenvalue weighted by Crippen LogP contribution is -2.41. The largest absolute Gasteiger partial charge is 0.316 e. The van der Waals surface area contributed by atoms with Gasteiger partial charge in [0.05, 0.1) is 0 Å². The first-order valence-corrected chi connectivity index (χ1v) is 9.58. The third-order valence-electron chi connectivity index (χ3n) is 4.61. The van der Waals surface area contributed by atoms with Crippen LogP contribution in [0.2, 0.25) is 0 Å². The standard InChI is InChI=1S/C17H26BrNS/c1-3-13-7-4-5-10-16(13)17(19-2)12-20-15-9-6-8-14(18)11-15/h6,8-9,11,13,16-17,19H,3-5,7,10,12H2,1-2H3. The molecule has 0 spiro atoms. The van der Waals surface area contributed by atoms with Gasteiger partial charge in [-0.15, -0.1) is 11.8 Å². The van der Waals surface area contributed by atoms with Gasteiger partial charge >= 0.3 is 0 Å². The van der Waals surface area contributed by atoms with Crippen molar-refractivity contribution in [2.75, 3.05) is 12.8 Å². The molecule has 1 saturated carbocycles. The molecule has 3 heteroatoms. The zero-order valence-corrected chi connectivity index (χ0v) is 15.0. The van der Waals surface area contributed by atoms with E-state index in [0.29, 0.717) is 6.04 Å². The lowest BCUT2D eigenvalue weighted by molar-refractivity contribution is 0.190. The summed E-state index contributed by atoms with van der Waals surface area (Å²) in [4.78, 5) is 1.36. The Morgan fingerprint density at radius 3 is 2.85 bits per heavy atom. The molecule has 1 N–H and O–H groups in total. The molecule has 0 aliphatic heterocycles. The Balaban J connectivity index is 1.94. The lowest BCUT2D eigenvalue weighted by Gasteiger charge is -2.36. The lowest BCUT2D eigenvalue weighted by atomic mass is 9.74. The highest BCUT2D eigenvalue weighted by Gasteiger charge is 2.29. The van der Waals surface area contributed by atoms with Crippen LogP contribution >= 0.6 is 27.7 Å². The van der Waals surface area contributed by atoms with E-state index >= 15 is 0 Å². The third-order valence-corrected chi connectivity index (χ3v) is 6.21. The third kappa shape index (κ3) is 4.51. The van der Waals surface area contributed by atoms with Crippen LogP contribution in [-0.2, 0) is 0 Å². The molecule has 0 aromatic heterocycles. The highest BCUT2D eigenvalue weighted by Crippen LogP contribution is 2.36. The SMILES string of the molecule is CCC1CCCCC1C(CSc1cccc(Br)c1)NC. The molecule has 1 aromatic carbocycles. The second kappa shape index (κ2) is 8.45. The molecule has 1 aromatic rings. The molecule has 2 rings (SSSR count). The second-order valence-corrected chi connectivity index (χ2v) is 7.79. The van der Waals surface area contributed by atoms with Crippen LogP contribution in [0.3, 0.4) is 0 Å². The minimum absolute atomic E-state index is 0.643. The maximum Gasteiger partial charge on any atom is 0.0189 e. The van der Waals surface area contributed by atoms with Crippen LogP contribution in [0, 0.1) is 11.8 Å². The second-order valence-electron chi connectivity index (χ2n) is 5.78. The van der Waals surface area contributed by atoms with E-state index in [1.807, 2.05) is 11.8 Å². The highest BCUT2D eigenvalue weighted by atomic mass is 79.9. The summed E-state index contributed by atoms with van der Waals surface area (Å²) in [6, 6.07) is 9.28. The Bertz CT molecular complexity index is 410. The van der Waals surface area contributed by atoms with Crippen LogP contribution in [0.25, 0.3) is 0 Å². The van der Waals surface area contributed by atoms with Gasteiger partial charge in [0.25, 0.3) is 0 Å². The Morgan fingerprint density at radius 2 is 2.15 bits per heavy atom. The van der Waals surface area contributed by atoms with Crippen LogP contribution in [0.5, 0.6) is 0 Å². The molecule has 112 valence electrons. The predicted octanol–water partition coefficient (Wildman–Crippen LogP) is 5.35. The molecule has 1 nitrogen and oxygen atoms in total. The van der Waals surface area contributed by atoms with E-state index in [2.05, 4.69) is 59.5 Å². The van der Waals surface area contributed by atoms with Gasteiger partial charge in [0, 0.05) is 21.2 Å². The maximum absolute atomic E-state index is 3.59. The van der Waals surface area contributed by atoms with Crippen molar-refractivity contribution in [1.29, 1.82) is 0 Å². The number of rotatable bonds is 6. The smallest absolute Gasteiger partial charge is 0.0189 e. The van der Waals surface area contributed by atoms with Crippen LogP contribution in [0.15, 0.2) is 33.6 Å². The van der Waals surface area contributed by atoms with Crippen LogP contribution < -0.4 is 5.32 Å². The van der Waals surface area contributed by atoms with Crippen molar-refractivity contribution in [3.8, 4) is 0 Å². The maximum atomic E-state index is 3.59. The normalized spacial score (nSPS) is 24.6. The van der Waals surface area contributed by atoms with Crippen molar-refractivity contribution in [1.82, 2.24) is 5.32 Å². The monoisotopic (exact) mass is 355 g/mol. The number of halogens is 1. The summed E-state index contributed by atoms with van der Waals surface area (Å²) in [5, 5.41) is 3.59. The molecule has 0 radical (unpaired) electrons. The minimum atomic E-state index is 0.643. The van der Waals surface area contributed by atoms with Crippen LogP contribution in [0.1, 0.15) is 39.0 Å². The quantitative estimate of drug-likeness (QED) is 0.690. The first-order chi connectivity index (χ1) is 9.74. The molecule has 3 unspecified atom stereocenters. The van der Waals surface area contributed by atoms with Gasteiger partial charge < -0.3 is 5.32 Å². The Hall–Kier alpha value is 0.01000. The molecule has 1 fully saturated rings. The fourth-order valence-electron chi connectivity index (χ4n) is 3.44. The minimum Gasteiger partial charge on any atom is -0.316 e. The molecule has 3 atom stereocenters. The van der Waals surface area contributed by atoms with Gasteiger partial charge in [-0.2, -0.15) is 0 Å². The Morgan fingerprint density at radius 1 is 1.35 bits per heavy atom. The van der Waals surface area contributed by atoms with E-state index < -0.39 is 0 Å². The van der Waals surface area contributed by atoms with Gasteiger partial charge in [0.1, 0.15) is 0 Å². The summed E-state index contributed by atoms with van der Waals surface area (Å²) in [6.07, 6.45) is 7.03. The molecule has 0 heterocycles. The summed E-state index contributed by atoms with van der Waals surface area (Å²) >= 11 is 5.54. The predicted molar refractivity (Wildman–Crippen MR) is 93.5 cm³/mol. The van der Waals surface area contributed by atoms with Gasteiger partial charge in [-0.3, -0.25) is 0 Å². The van der Waals surface area contributed by atoms with Crippen LogP contribution in [0.4, 0.5) is 0 Å². The van der Waals surface area contributed by atoms with E-state index in [-0.39, 0.29) is 0 Å². The topological polar surface area (TPSA) is 12.0 Å². The summed E-state index contributed by atoms with van der Waals surface area (Å²) in [6.45, 7) is 2.36. The molecule has 20 heavy (non-hydrogen) atoms. The van der Waals surface area contributed by atoms with Gasteiger partial charge in [0.2, 0.25) is 0 Å². The van der Waals surface area contributed by atoms with Gasteiger partial charge in [-0.1, -0.05) is 54.6 Å².